The summed E-state index contributed by atoms with van der Waals surface area (Å²) in [6.45, 7) is 6.06. The number of hydrogen-bond acceptors (Lipinski definition) is 7. The second-order valence-corrected chi connectivity index (χ2v) is 11.6. The van der Waals surface area contributed by atoms with Gasteiger partial charge in [0.2, 0.25) is 0 Å². The summed E-state index contributed by atoms with van der Waals surface area (Å²) >= 11 is 0. The van der Waals surface area contributed by atoms with Crippen LogP contribution in [0.1, 0.15) is 55.4 Å². The predicted octanol–water partition coefficient (Wildman–Crippen LogP) is 5.24. The lowest BCUT2D eigenvalue weighted by Crippen LogP contribution is -2.40. The second kappa shape index (κ2) is 10.4. The minimum atomic E-state index is -4.81. The lowest BCUT2D eigenvalue weighted by atomic mass is 10.0. The Morgan fingerprint density at radius 3 is 2.49 bits per heavy atom. The van der Waals surface area contributed by atoms with Gasteiger partial charge in [-0.25, -0.2) is 27.8 Å². The van der Waals surface area contributed by atoms with Gasteiger partial charge in [-0.15, -0.1) is 0 Å². The van der Waals surface area contributed by atoms with Crippen molar-refractivity contribution >= 4 is 32.4 Å². The Bertz CT molecular complexity index is 1400. The molecule has 0 radical (unpaired) electrons. The van der Waals surface area contributed by atoms with Crippen molar-refractivity contribution in [1.82, 2.24) is 15.0 Å². The standard InChI is InChI=1S/C25H29F4N5O2S/c1-4-5-9-21-32-23(30-15(2)17-7-6-8-19(22(17)26)25(27,28)29)18-14-20(16(3)31-24(18)33-21)34-10-12-37(35,36)13-11-34/h6-8,14-15H,4-5,9-13H2,1-3H3,(H,30,31,32,33)/t15-/m1/s1. The van der Waals surface area contributed by atoms with E-state index in [1.165, 1.54) is 12.1 Å². The maximum Gasteiger partial charge on any atom is 0.419 e. The number of pyridine rings is 1. The van der Waals surface area contributed by atoms with Gasteiger partial charge in [-0.2, -0.15) is 13.2 Å². The first kappa shape index (κ1) is 27.0. The van der Waals surface area contributed by atoms with Crippen LogP contribution in [0.3, 0.4) is 0 Å². The van der Waals surface area contributed by atoms with Crippen LogP contribution >= 0.6 is 0 Å². The normalized spacial score (nSPS) is 16.7. The van der Waals surface area contributed by atoms with Gasteiger partial charge in [0.05, 0.1) is 39.9 Å². The molecule has 3 heterocycles. The number of halogens is 4. The van der Waals surface area contributed by atoms with Gasteiger partial charge in [0.15, 0.2) is 15.5 Å². The molecule has 7 nitrogen and oxygen atoms in total. The molecule has 1 N–H and O–H groups in total. The topological polar surface area (TPSA) is 88.1 Å². The molecule has 0 unspecified atom stereocenters. The molecule has 3 aromatic rings. The van der Waals surface area contributed by atoms with Crippen LogP contribution in [0.2, 0.25) is 0 Å². The third-order valence-corrected chi connectivity index (χ3v) is 8.10. The maximum absolute atomic E-state index is 14.8. The highest BCUT2D eigenvalue weighted by atomic mass is 32.2. The summed E-state index contributed by atoms with van der Waals surface area (Å²) in [5.74, 6) is -0.401. The van der Waals surface area contributed by atoms with Crippen LogP contribution in [-0.2, 0) is 22.4 Å². The van der Waals surface area contributed by atoms with Crippen LogP contribution in [0.4, 0.5) is 29.1 Å². The number of unbranched alkanes of at least 4 members (excludes halogenated alkanes) is 1. The van der Waals surface area contributed by atoms with Crippen molar-refractivity contribution in [3.63, 3.8) is 0 Å². The summed E-state index contributed by atoms with van der Waals surface area (Å²) < 4.78 is 78.5. The molecule has 1 atom stereocenters. The Morgan fingerprint density at radius 2 is 1.84 bits per heavy atom. The molecule has 0 aliphatic carbocycles. The van der Waals surface area contributed by atoms with Gasteiger partial charge < -0.3 is 10.2 Å². The zero-order valence-corrected chi connectivity index (χ0v) is 21.7. The van der Waals surface area contributed by atoms with Crippen LogP contribution in [-0.4, -0.2) is 48.0 Å². The molecule has 1 fully saturated rings. The quantitative estimate of drug-likeness (QED) is 0.411. The predicted molar refractivity (Wildman–Crippen MR) is 135 cm³/mol. The molecular formula is C25H29F4N5O2S. The van der Waals surface area contributed by atoms with E-state index < -0.39 is 33.4 Å². The van der Waals surface area contributed by atoms with Crippen molar-refractivity contribution in [3.8, 4) is 0 Å². The van der Waals surface area contributed by atoms with Gasteiger partial charge in [0, 0.05) is 25.1 Å². The third kappa shape index (κ3) is 5.94. The number of anilines is 2. The largest absolute Gasteiger partial charge is 0.419 e. The number of benzene rings is 1. The molecule has 37 heavy (non-hydrogen) atoms. The van der Waals surface area contributed by atoms with Gasteiger partial charge in [0.1, 0.15) is 17.5 Å². The Morgan fingerprint density at radius 1 is 1.14 bits per heavy atom. The van der Waals surface area contributed by atoms with Crippen molar-refractivity contribution in [1.29, 1.82) is 0 Å². The van der Waals surface area contributed by atoms with Crippen LogP contribution in [0.5, 0.6) is 0 Å². The summed E-state index contributed by atoms with van der Waals surface area (Å²) in [6, 6.07) is 4.18. The number of nitrogens with zero attached hydrogens (tertiary/aromatic N) is 4. The minimum Gasteiger partial charge on any atom is -0.368 e. The first-order chi connectivity index (χ1) is 17.4. The number of aryl methyl sites for hydroxylation is 2. The fourth-order valence-corrected chi connectivity index (χ4v) is 5.60. The van der Waals surface area contributed by atoms with Gasteiger partial charge in [-0.05, 0) is 32.4 Å². The van der Waals surface area contributed by atoms with Gasteiger partial charge >= 0.3 is 6.18 Å². The van der Waals surface area contributed by atoms with Gasteiger partial charge in [-0.1, -0.05) is 25.5 Å². The van der Waals surface area contributed by atoms with E-state index in [4.69, 9.17) is 0 Å². The van der Waals surface area contributed by atoms with Gasteiger partial charge in [0.25, 0.3) is 0 Å². The number of nitrogens with one attached hydrogen (secondary N) is 1. The van der Waals surface area contributed by atoms with E-state index in [9.17, 15) is 26.0 Å². The highest BCUT2D eigenvalue weighted by Crippen LogP contribution is 2.35. The zero-order valence-electron chi connectivity index (χ0n) is 20.9. The second-order valence-electron chi connectivity index (χ2n) is 9.27. The van der Waals surface area contributed by atoms with E-state index in [1.807, 2.05) is 24.8 Å². The fourth-order valence-electron chi connectivity index (χ4n) is 4.39. The molecule has 12 heteroatoms. The van der Waals surface area contributed by atoms with Crippen LogP contribution in [0, 0.1) is 12.7 Å². The fraction of sp³-hybridized carbons (Fsp3) is 0.480. The van der Waals surface area contributed by atoms with Crippen molar-refractivity contribution in [3.05, 3.63) is 52.7 Å². The zero-order chi connectivity index (χ0) is 27.0. The Balaban J connectivity index is 1.76. The molecule has 1 aromatic carbocycles. The van der Waals surface area contributed by atoms with Gasteiger partial charge in [-0.3, -0.25) is 0 Å². The molecule has 0 spiro atoms. The van der Waals surface area contributed by atoms with Crippen molar-refractivity contribution in [2.24, 2.45) is 0 Å². The van der Waals surface area contributed by atoms with E-state index in [2.05, 4.69) is 20.3 Å². The van der Waals surface area contributed by atoms with E-state index in [-0.39, 0.29) is 17.1 Å². The van der Waals surface area contributed by atoms with Crippen LogP contribution in [0.15, 0.2) is 24.3 Å². The maximum atomic E-state index is 14.8. The van der Waals surface area contributed by atoms with Crippen molar-refractivity contribution in [2.75, 3.05) is 34.8 Å². The SMILES string of the molecule is CCCCc1nc(N[C@H](C)c2cccc(C(F)(F)F)c2F)c2cc(N3CCS(=O)(=O)CC3)c(C)nc2n1. The third-order valence-electron chi connectivity index (χ3n) is 6.49. The van der Waals surface area contributed by atoms with Crippen molar-refractivity contribution < 1.29 is 26.0 Å². The molecule has 4 rings (SSSR count). The number of sulfone groups is 1. The Hall–Kier alpha value is -3.02. The summed E-state index contributed by atoms with van der Waals surface area (Å²) in [6.07, 6.45) is -2.48. The van der Waals surface area contributed by atoms with E-state index in [1.54, 1.807) is 6.92 Å². The summed E-state index contributed by atoms with van der Waals surface area (Å²) in [7, 11) is -3.08. The van der Waals surface area contributed by atoms with E-state index >= 15 is 0 Å². The molecule has 1 aliphatic rings. The average Bonchev–Trinajstić information content (AvgIpc) is 2.82. The average molecular weight is 540 g/mol. The summed E-state index contributed by atoms with van der Waals surface area (Å²) in [5, 5.41) is 3.61. The van der Waals surface area contributed by atoms with E-state index in [0.717, 1.165) is 18.5 Å². The van der Waals surface area contributed by atoms with E-state index in [0.29, 0.717) is 53.9 Å². The summed E-state index contributed by atoms with van der Waals surface area (Å²) in [4.78, 5) is 15.8. The first-order valence-corrected chi connectivity index (χ1v) is 14.0. The van der Waals surface area contributed by atoms with Crippen LogP contribution in [0.25, 0.3) is 11.0 Å². The molecule has 1 saturated heterocycles. The molecule has 0 amide bonds. The minimum absolute atomic E-state index is 0.0356. The number of aromatic nitrogens is 3. The molecule has 0 bridgehead atoms. The molecular weight excluding hydrogens is 510 g/mol. The molecule has 200 valence electrons. The Kier molecular flexibility index (Phi) is 7.59. The monoisotopic (exact) mass is 539 g/mol. The molecule has 2 aromatic heterocycles. The smallest absolute Gasteiger partial charge is 0.368 e. The lowest BCUT2D eigenvalue weighted by molar-refractivity contribution is -0.140. The highest BCUT2D eigenvalue weighted by Gasteiger charge is 2.35. The summed E-state index contributed by atoms with van der Waals surface area (Å²) in [5.41, 5.74) is 0.349. The molecule has 1 aliphatic heterocycles. The lowest BCUT2D eigenvalue weighted by Gasteiger charge is -2.30. The number of rotatable bonds is 7. The number of fused-ring (bicyclic) bond motifs is 1. The number of alkyl halides is 3. The van der Waals surface area contributed by atoms with Crippen LogP contribution < -0.4 is 10.2 Å². The number of hydrogen-bond donors (Lipinski definition) is 1. The van der Waals surface area contributed by atoms with Crippen molar-refractivity contribution in [2.45, 2.75) is 52.3 Å². The first-order valence-electron chi connectivity index (χ1n) is 12.2. The highest BCUT2D eigenvalue weighted by molar-refractivity contribution is 7.91. The molecule has 0 saturated carbocycles. The Labute approximate surface area is 213 Å².